The summed E-state index contributed by atoms with van der Waals surface area (Å²) in [4.78, 5) is 24.4. The fourth-order valence-corrected chi connectivity index (χ4v) is 3.82. The van der Waals surface area contributed by atoms with Gasteiger partial charge in [-0.25, -0.2) is 0 Å². The van der Waals surface area contributed by atoms with E-state index in [1.807, 2.05) is 6.92 Å². The number of aryl methyl sites for hydroxylation is 1. The maximum atomic E-state index is 12.5. The van der Waals surface area contributed by atoms with Crippen molar-refractivity contribution in [3.63, 3.8) is 0 Å². The molecule has 1 amide bonds. The highest BCUT2D eigenvalue weighted by molar-refractivity contribution is 7.99. The molecule has 1 aromatic heterocycles. The van der Waals surface area contributed by atoms with Crippen LogP contribution in [-0.4, -0.2) is 39.0 Å². The van der Waals surface area contributed by atoms with Crippen molar-refractivity contribution in [2.75, 3.05) is 17.9 Å². The Morgan fingerprint density at radius 1 is 1.26 bits per heavy atom. The topological polar surface area (TPSA) is 95.3 Å². The highest BCUT2D eigenvalue weighted by atomic mass is 32.2. The van der Waals surface area contributed by atoms with E-state index in [1.165, 1.54) is 18.7 Å². The number of fused-ring (bicyclic) bond motifs is 1. The van der Waals surface area contributed by atoms with Gasteiger partial charge in [-0.2, -0.15) is 0 Å². The molecule has 1 aliphatic heterocycles. The third kappa shape index (κ3) is 3.64. The first-order chi connectivity index (χ1) is 13.1. The second-order valence-electron chi connectivity index (χ2n) is 6.50. The Kier molecular flexibility index (Phi) is 4.77. The Morgan fingerprint density at radius 2 is 2.00 bits per heavy atom. The van der Waals surface area contributed by atoms with Gasteiger partial charge in [-0.3, -0.25) is 9.59 Å². The molecule has 9 heteroatoms. The number of nitrogens with one attached hydrogen (secondary N) is 1. The van der Waals surface area contributed by atoms with Crippen LogP contribution in [0.25, 0.3) is 0 Å². The van der Waals surface area contributed by atoms with E-state index in [-0.39, 0.29) is 24.2 Å². The van der Waals surface area contributed by atoms with Gasteiger partial charge in [0.2, 0.25) is 12.7 Å². The predicted octanol–water partition coefficient (Wildman–Crippen LogP) is 2.84. The second kappa shape index (κ2) is 7.22. The molecule has 0 atom stereocenters. The minimum absolute atomic E-state index is 0.108. The smallest absolute Gasteiger partial charge is 0.234 e. The fourth-order valence-electron chi connectivity index (χ4n) is 3.00. The summed E-state index contributed by atoms with van der Waals surface area (Å²) in [5, 5.41) is 12.0. The van der Waals surface area contributed by atoms with Crippen LogP contribution < -0.4 is 14.8 Å². The Balaban J connectivity index is 1.46. The van der Waals surface area contributed by atoms with Crippen molar-refractivity contribution < 1.29 is 19.1 Å². The molecule has 0 unspecified atom stereocenters. The van der Waals surface area contributed by atoms with E-state index in [4.69, 9.17) is 9.47 Å². The number of hydrogen-bond donors (Lipinski definition) is 1. The molecule has 1 saturated carbocycles. The quantitative estimate of drug-likeness (QED) is 0.575. The van der Waals surface area contributed by atoms with Crippen molar-refractivity contribution in [3.8, 4) is 11.5 Å². The lowest BCUT2D eigenvalue weighted by molar-refractivity contribution is -0.113. The number of ketones is 1. The van der Waals surface area contributed by atoms with Crippen LogP contribution in [0.15, 0.2) is 17.3 Å². The molecule has 2 aromatic rings. The first-order valence-electron chi connectivity index (χ1n) is 8.87. The van der Waals surface area contributed by atoms with Crippen molar-refractivity contribution in [2.45, 2.75) is 44.3 Å². The number of ether oxygens (including phenoxy) is 2. The Hall–Kier alpha value is -2.55. The van der Waals surface area contributed by atoms with Gasteiger partial charge in [0.15, 0.2) is 22.4 Å². The van der Waals surface area contributed by atoms with Crippen LogP contribution in [0, 0.1) is 0 Å². The first kappa shape index (κ1) is 17.8. The third-order valence-corrected chi connectivity index (χ3v) is 5.40. The van der Waals surface area contributed by atoms with Gasteiger partial charge in [0.1, 0.15) is 5.82 Å². The summed E-state index contributed by atoms with van der Waals surface area (Å²) in [6.45, 7) is 3.61. The number of anilines is 1. The summed E-state index contributed by atoms with van der Waals surface area (Å²) in [6.07, 6.45) is 3.07. The highest BCUT2D eigenvalue weighted by Gasteiger charge is 2.29. The molecule has 1 aliphatic carbocycles. The molecular formula is C18H20N4O4S. The molecule has 0 radical (unpaired) electrons. The Bertz CT molecular complexity index is 907. The first-order valence-corrected chi connectivity index (χ1v) is 9.86. The molecule has 0 saturated heterocycles. The summed E-state index contributed by atoms with van der Waals surface area (Å²) in [6, 6.07) is 3.69. The third-order valence-electron chi connectivity index (χ3n) is 4.46. The fraction of sp³-hybridized carbons (Fsp3) is 0.444. The lowest BCUT2D eigenvalue weighted by atomic mass is 10.1. The standard InChI is InChI=1S/C18H20N4O4S/c1-3-16-20-21-18(22(16)11-4-5-11)27-8-17(24)19-13-7-15-14(25-9-26-15)6-12(13)10(2)23/h6-7,11H,3-5,8-9H2,1-2H3,(H,19,24). The zero-order valence-corrected chi connectivity index (χ0v) is 16.0. The molecule has 1 aromatic carbocycles. The molecule has 142 valence electrons. The van der Waals surface area contributed by atoms with Crippen molar-refractivity contribution in [2.24, 2.45) is 0 Å². The second-order valence-corrected chi connectivity index (χ2v) is 7.44. The van der Waals surface area contributed by atoms with E-state index >= 15 is 0 Å². The monoisotopic (exact) mass is 388 g/mol. The lowest BCUT2D eigenvalue weighted by Gasteiger charge is -2.11. The molecule has 8 nitrogen and oxygen atoms in total. The Labute approximate surface area is 160 Å². The van der Waals surface area contributed by atoms with Gasteiger partial charge in [0.05, 0.1) is 11.4 Å². The summed E-state index contributed by atoms with van der Waals surface area (Å²) < 4.78 is 12.8. The average Bonchev–Trinajstić information content (AvgIpc) is 3.23. The van der Waals surface area contributed by atoms with Gasteiger partial charge < -0.3 is 19.4 Å². The lowest BCUT2D eigenvalue weighted by Crippen LogP contribution is -2.16. The predicted molar refractivity (Wildman–Crippen MR) is 99.6 cm³/mol. The minimum Gasteiger partial charge on any atom is -0.454 e. The molecule has 0 spiro atoms. The SMILES string of the molecule is CCc1nnc(SCC(=O)Nc2cc3c(cc2C(C)=O)OCO3)n1C1CC1. The number of hydrogen-bond acceptors (Lipinski definition) is 7. The summed E-state index contributed by atoms with van der Waals surface area (Å²) in [5.74, 6) is 1.79. The van der Waals surface area contributed by atoms with Gasteiger partial charge in [-0.1, -0.05) is 18.7 Å². The molecule has 4 rings (SSSR count). The van der Waals surface area contributed by atoms with E-state index in [1.54, 1.807) is 12.1 Å². The van der Waals surface area contributed by atoms with Gasteiger partial charge in [0, 0.05) is 24.1 Å². The average molecular weight is 388 g/mol. The molecule has 2 heterocycles. The summed E-state index contributed by atoms with van der Waals surface area (Å²) >= 11 is 1.36. The largest absolute Gasteiger partial charge is 0.454 e. The number of carbonyl (C=O) groups excluding carboxylic acids is 2. The van der Waals surface area contributed by atoms with Gasteiger partial charge >= 0.3 is 0 Å². The van der Waals surface area contributed by atoms with Crippen LogP contribution in [0.1, 0.15) is 48.9 Å². The van der Waals surface area contributed by atoms with Crippen molar-refractivity contribution in [1.29, 1.82) is 0 Å². The van der Waals surface area contributed by atoms with E-state index < -0.39 is 0 Å². The van der Waals surface area contributed by atoms with E-state index in [9.17, 15) is 9.59 Å². The number of nitrogens with zero attached hydrogens (tertiary/aromatic N) is 3. The zero-order valence-electron chi connectivity index (χ0n) is 15.2. The van der Waals surface area contributed by atoms with Crippen molar-refractivity contribution >= 4 is 29.1 Å². The van der Waals surface area contributed by atoms with E-state index in [2.05, 4.69) is 20.1 Å². The number of benzene rings is 1. The molecule has 0 bridgehead atoms. The Morgan fingerprint density at radius 3 is 2.67 bits per heavy atom. The maximum Gasteiger partial charge on any atom is 0.234 e. The van der Waals surface area contributed by atoms with E-state index in [0.29, 0.717) is 28.8 Å². The maximum absolute atomic E-state index is 12.5. The van der Waals surface area contributed by atoms with Gasteiger partial charge in [0.25, 0.3) is 0 Å². The molecule has 27 heavy (non-hydrogen) atoms. The highest BCUT2D eigenvalue weighted by Crippen LogP contribution is 2.39. The van der Waals surface area contributed by atoms with Crippen LogP contribution >= 0.6 is 11.8 Å². The number of amides is 1. The number of aromatic nitrogens is 3. The van der Waals surface area contributed by atoms with Crippen LogP contribution in [-0.2, 0) is 11.2 Å². The zero-order chi connectivity index (χ0) is 19.0. The van der Waals surface area contributed by atoms with Crippen molar-refractivity contribution in [3.05, 3.63) is 23.5 Å². The molecular weight excluding hydrogens is 368 g/mol. The van der Waals surface area contributed by atoms with E-state index in [0.717, 1.165) is 30.2 Å². The van der Waals surface area contributed by atoms with Crippen molar-refractivity contribution in [1.82, 2.24) is 14.8 Å². The summed E-state index contributed by atoms with van der Waals surface area (Å²) in [7, 11) is 0. The molecule has 1 fully saturated rings. The van der Waals surface area contributed by atoms with Crippen LogP contribution in [0.2, 0.25) is 0 Å². The molecule has 1 N–H and O–H groups in total. The number of Topliss-reactive ketones (excluding diaryl/α,β-unsaturated/α-hetero) is 1. The van der Waals surface area contributed by atoms with Gasteiger partial charge in [-0.15, -0.1) is 10.2 Å². The number of carbonyl (C=O) groups is 2. The minimum atomic E-state index is -0.218. The summed E-state index contributed by atoms with van der Waals surface area (Å²) in [5.41, 5.74) is 0.822. The van der Waals surface area contributed by atoms with Gasteiger partial charge in [-0.05, 0) is 25.8 Å². The van der Waals surface area contributed by atoms with Crippen LogP contribution in [0.3, 0.4) is 0 Å². The van der Waals surface area contributed by atoms with Crippen LogP contribution in [0.5, 0.6) is 11.5 Å². The number of thioether (sulfide) groups is 1. The number of rotatable bonds is 7. The molecule has 2 aliphatic rings. The van der Waals surface area contributed by atoms with Crippen LogP contribution in [0.4, 0.5) is 5.69 Å². The normalized spacial score (nSPS) is 15.0.